The van der Waals surface area contributed by atoms with Gasteiger partial charge >= 0.3 is 0 Å². The van der Waals surface area contributed by atoms with Crippen molar-refractivity contribution in [3.05, 3.63) is 11.3 Å². The Kier molecular flexibility index (Phi) is 1.53. The van der Waals surface area contributed by atoms with Crippen molar-refractivity contribution in [3.63, 3.8) is 0 Å². The van der Waals surface area contributed by atoms with Crippen LogP contribution in [0.1, 0.15) is 12.8 Å². The summed E-state index contributed by atoms with van der Waals surface area (Å²) in [5, 5.41) is 4.64. The number of anilines is 1. The molecule has 1 fully saturated rings. The normalized spacial score (nSPS) is 17.2. The van der Waals surface area contributed by atoms with Crippen molar-refractivity contribution < 1.29 is 0 Å². The summed E-state index contributed by atoms with van der Waals surface area (Å²) in [6, 6.07) is 0. The van der Waals surface area contributed by atoms with E-state index in [9.17, 15) is 0 Å². The summed E-state index contributed by atoms with van der Waals surface area (Å²) in [5.74, 6) is 0.784. The summed E-state index contributed by atoms with van der Waals surface area (Å²) >= 11 is 5.86. The van der Waals surface area contributed by atoms with Gasteiger partial charge in [0.25, 0.3) is 0 Å². The number of hydrogen-bond acceptors (Lipinski definition) is 2. The van der Waals surface area contributed by atoms with Crippen LogP contribution in [0.5, 0.6) is 0 Å². The first kappa shape index (κ1) is 6.98. The molecule has 0 unspecified atom stereocenters. The Labute approximate surface area is 70.1 Å². The van der Waals surface area contributed by atoms with Crippen LogP contribution in [-0.4, -0.2) is 9.78 Å². The van der Waals surface area contributed by atoms with E-state index in [2.05, 4.69) is 5.10 Å². The Morgan fingerprint density at radius 2 is 2.45 bits per heavy atom. The standard InChI is InChI=1S/C7H10ClN3/c8-7-6(9)3-10-11(7)4-5-1-2-5/h3,5H,1-2,4,9H2. The third kappa shape index (κ3) is 1.33. The van der Waals surface area contributed by atoms with Crippen molar-refractivity contribution in [2.45, 2.75) is 19.4 Å². The summed E-state index contributed by atoms with van der Waals surface area (Å²) in [6.07, 6.45) is 4.21. The zero-order valence-corrected chi connectivity index (χ0v) is 6.88. The van der Waals surface area contributed by atoms with Crippen LogP contribution in [0.2, 0.25) is 5.15 Å². The van der Waals surface area contributed by atoms with E-state index in [0.717, 1.165) is 12.5 Å². The lowest BCUT2D eigenvalue weighted by Gasteiger charge is -1.99. The first-order valence-corrected chi connectivity index (χ1v) is 4.12. The molecule has 4 heteroatoms. The average Bonchev–Trinajstić information content (AvgIpc) is 2.74. The van der Waals surface area contributed by atoms with E-state index < -0.39 is 0 Å². The molecule has 0 bridgehead atoms. The van der Waals surface area contributed by atoms with Gasteiger partial charge in [0, 0.05) is 6.54 Å². The van der Waals surface area contributed by atoms with Gasteiger partial charge in [0.05, 0.1) is 11.9 Å². The molecule has 1 saturated carbocycles. The fraction of sp³-hybridized carbons (Fsp3) is 0.571. The molecule has 60 valence electrons. The van der Waals surface area contributed by atoms with Gasteiger partial charge in [-0.1, -0.05) is 11.6 Å². The maximum atomic E-state index is 5.86. The van der Waals surface area contributed by atoms with Crippen molar-refractivity contribution in [2.75, 3.05) is 5.73 Å². The molecule has 0 atom stereocenters. The number of hydrogen-bond donors (Lipinski definition) is 1. The van der Waals surface area contributed by atoms with Gasteiger partial charge in [0.2, 0.25) is 0 Å². The summed E-state index contributed by atoms with van der Waals surface area (Å²) < 4.78 is 1.77. The summed E-state index contributed by atoms with van der Waals surface area (Å²) in [7, 11) is 0. The number of nitrogen functional groups attached to an aromatic ring is 1. The highest BCUT2D eigenvalue weighted by molar-refractivity contribution is 6.31. The smallest absolute Gasteiger partial charge is 0.150 e. The Balaban J connectivity index is 2.15. The lowest BCUT2D eigenvalue weighted by atomic mass is 10.4. The van der Waals surface area contributed by atoms with Crippen LogP contribution in [0, 0.1) is 5.92 Å². The van der Waals surface area contributed by atoms with Crippen LogP contribution in [0.25, 0.3) is 0 Å². The van der Waals surface area contributed by atoms with Crippen LogP contribution in [0.15, 0.2) is 6.20 Å². The van der Waals surface area contributed by atoms with E-state index in [-0.39, 0.29) is 0 Å². The number of halogens is 1. The number of nitrogens with two attached hydrogens (primary N) is 1. The molecule has 1 aromatic rings. The maximum absolute atomic E-state index is 5.86. The van der Waals surface area contributed by atoms with E-state index in [4.69, 9.17) is 17.3 Å². The van der Waals surface area contributed by atoms with E-state index in [1.165, 1.54) is 12.8 Å². The highest BCUT2D eigenvalue weighted by Gasteiger charge is 2.23. The summed E-state index contributed by atoms with van der Waals surface area (Å²) in [5.41, 5.74) is 6.10. The third-order valence-corrected chi connectivity index (χ3v) is 2.34. The van der Waals surface area contributed by atoms with Gasteiger partial charge in [0.15, 0.2) is 0 Å². The molecule has 0 spiro atoms. The molecular weight excluding hydrogens is 162 g/mol. The monoisotopic (exact) mass is 171 g/mol. The third-order valence-electron chi connectivity index (χ3n) is 1.93. The molecule has 0 radical (unpaired) electrons. The van der Waals surface area contributed by atoms with Gasteiger partial charge in [-0.2, -0.15) is 5.10 Å². The Bertz CT molecular complexity index is 265. The second kappa shape index (κ2) is 2.41. The molecule has 1 aromatic heterocycles. The van der Waals surface area contributed by atoms with Gasteiger partial charge in [0.1, 0.15) is 5.15 Å². The Morgan fingerprint density at radius 1 is 1.73 bits per heavy atom. The zero-order valence-electron chi connectivity index (χ0n) is 6.13. The van der Waals surface area contributed by atoms with Crippen molar-refractivity contribution in [2.24, 2.45) is 5.92 Å². The quantitative estimate of drug-likeness (QED) is 0.734. The van der Waals surface area contributed by atoms with Gasteiger partial charge < -0.3 is 5.73 Å². The van der Waals surface area contributed by atoms with Crippen molar-refractivity contribution >= 4 is 17.3 Å². The highest BCUT2D eigenvalue weighted by atomic mass is 35.5. The SMILES string of the molecule is Nc1cnn(CC2CC2)c1Cl. The van der Waals surface area contributed by atoms with E-state index in [0.29, 0.717) is 10.8 Å². The van der Waals surface area contributed by atoms with E-state index in [1.54, 1.807) is 10.9 Å². The number of rotatable bonds is 2. The predicted octanol–water partition coefficient (Wildman–Crippen LogP) is 1.53. The van der Waals surface area contributed by atoms with E-state index >= 15 is 0 Å². The minimum Gasteiger partial charge on any atom is -0.395 e. The lowest BCUT2D eigenvalue weighted by Crippen LogP contribution is -2.01. The lowest BCUT2D eigenvalue weighted by molar-refractivity contribution is 0.564. The second-order valence-corrected chi connectivity index (χ2v) is 3.37. The number of nitrogens with zero attached hydrogens (tertiary/aromatic N) is 2. The molecule has 0 aromatic carbocycles. The highest BCUT2D eigenvalue weighted by Crippen LogP contribution is 2.32. The maximum Gasteiger partial charge on any atom is 0.150 e. The van der Waals surface area contributed by atoms with Gasteiger partial charge in [-0.3, -0.25) is 4.68 Å². The molecule has 2 rings (SSSR count). The summed E-state index contributed by atoms with van der Waals surface area (Å²) in [6.45, 7) is 0.927. The van der Waals surface area contributed by atoms with Crippen LogP contribution < -0.4 is 5.73 Å². The zero-order chi connectivity index (χ0) is 7.84. The molecule has 11 heavy (non-hydrogen) atoms. The molecule has 0 aliphatic heterocycles. The molecule has 1 aliphatic carbocycles. The molecule has 2 N–H and O–H groups in total. The van der Waals surface area contributed by atoms with Gasteiger partial charge in [-0.15, -0.1) is 0 Å². The molecule has 3 nitrogen and oxygen atoms in total. The fourth-order valence-corrected chi connectivity index (χ4v) is 1.22. The average molecular weight is 172 g/mol. The van der Waals surface area contributed by atoms with Crippen LogP contribution in [0.3, 0.4) is 0 Å². The molecule has 0 saturated heterocycles. The van der Waals surface area contributed by atoms with Crippen LogP contribution in [-0.2, 0) is 6.54 Å². The van der Waals surface area contributed by atoms with Crippen molar-refractivity contribution in [1.29, 1.82) is 0 Å². The van der Waals surface area contributed by atoms with Crippen molar-refractivity contribution in [1.82, 2.24) is 9.78 Å². The van der Waals surface area contributed by atoms with Gasteiger partial charge in [-0.25, -0.2) is 0 Å². The van der Waals surface area contributed by atoms with Crippen molar-refractivity contribution in [3.8, 4) is 0 Å². The largest absolute Gasteiger partial charge is 0.395 e. The van der Waals surface area contributed by atoms with E-state index in [1.807, 2.05) is 0 Å². The first-order chi connectivity index (χ1) is 5.27. The topological polar surface area (TPSA) is 43.8 Å². The second-order valence-electron chi connectivity index (χ2n) is 3.02. The van der Waals surface area contributed by atoms with Crippen LogP contribution >= 0.6 is 11.6 Å². The summed E-state index contributed by atoms with van der Waals surface area (Å²) in [4.78, 5) is 0. The minimum atomic E-state index is 0.576. The van der Waals surface area contributed by atoms with Crippen LogP contribution in [0.4, 0.5) is 5.69 Å². The fourth-order valence-electron chi connectivity index (χ4n) is 1.06. The molecule has 0 amide bonds. The Hall–Kier alpha value is -0.700. The molecule has 1 heterocycles. The van der Waals surface area contributed by atoms with Gasteiger partial charge in [-0.05, 0) is 18.8 Å². The molecule has 1 aliphatic rings. The first-order valence-electron chi connectivity index (χ1n) is 3.74. The predicted molar refractivity (Wildman–Crippen MR) is 44.4 cm³/mol. The molecular formula is C7H10ClN3. The number of aromatic nitrogens is 2. The minimum absolute atomic E-state index is 0.576. The Morgan fingerprint density at radius 3 is 2.91 bits per heavy atom.